The number of nitrogens with zero attached hydrogens (tertiary/aromatic N) is 1. The van der Waals surface area contributed by atoms with Crippen molar-refractivity contribution in [3.05, 3.63) is 24.3 Å². The number of amides is 3. The number of anilines is 1. The molecule has 9 heteroatoms. The molecule has 0 unspecified atom stereocenters. The number of carbonyl (C=O) groups excluding carboxylic acids is 2. The van der Waals surface area contributed by atoms with Crippen molar-refractivity contribution in [2.24, 2.45) is 0 Å². The molecule has 0 spiro atoms. The number of nitrogens with one attached hydrogen (secondary N) is 2. The number of urea groups is 1. The van der Waals surface area contributed by atoms with Gasteiger partial charge in [-0.2, -0.15) is 0 Å². The summed E-state index contributed by atoms with van der Waals surface area (Å²) in [6.45, 7) is 2.89. The van der Waals surface area contributed by atoms with E-state index < -0.39 is 18.1 Å². The van der Waals surface area contributed by atoms with Gasteiger partial charge in [0, 0.05) is 25.6 Å². The fraction of sp³-hybridized carbons (Fsp3) is 0.500. The zero-order valence-electron chi connectivity index (χ0n) is 13.7. The van der Waals surface area contributed by atoms with Crippen LogP contribution in [0.15, 0.2) is 24.3 Å². The highest BCUT2D eigenvalue weighted by atomic mass is 19.4. The predicted molar refractivity (Wildman–Crippen MR) is 85.2 cm³/mol. The Morgan fingerprint density at radius 1 is 1.24 bits per heavy atom. The quantitative estimate of drug-likeness (QED) is 0.868. The van der Waals surface area contributed by atoms with Gasteiger partial charge in [-0.3, -0.25) is 4.79 Å². The van der Waals surface area contributed by atoms with Crippen LogP contribution in [-0.2, 0) is 4.79 Å². The van der Waals surface area contributed by atoms with Gasteiger partial charge in [0.15, 0.2) is 5.75 Å². The van der Waals surface area contributed by atoms with E-state index in [1.807, 2.05) is 0 Å². The zero-order valence-corrected chi connectivity index (χ0v) is 13.7. The van der Waals surface area contributed by atoms with E-state index in [-0.39, 0.29) is 17.6 Å². The molecule has 25 heavy (non-hydrogen) atoms. The maximum atomic E-state index is 12.4. The molecular weight excluding hydrogens is 339 g/mol. The van der Waals surface area contributed by atoms with Crippen LogP contribution in [0.2, 0.25) is 0 Å². The van der Waals surface area contributed by atoms with Crippen molar-refractivity contribution in [3.63, 3.8) is 0 Å². The summed E-state index contributed by atoms with van der Waals surface area (Å²) in [5, 5.41) is 5.08. The Kier molecular flexibility index (Phi) is 6.11. The standard InChI is InChI=1S/C16H20F3N3O3/c1-2-14(23)22-9-7-11(8-10-22)20-15(24)21-12-5-3-4-6-13(12)25-16(17,18)19/h3-6,11H,2,7-10H2,1H3,(H2,20,21,24). The Morgan fingerprint density at radius 2 is 1.88 bits per heavy atom. The van der Waals surface area contributed by atoms with Crippen LogP contribution in [0.1, 0.15) is 26.2 Å². The minimum Gasteiger partial charge on any atom is -0.404 e. The third-order valence-electron chi connectivity index (χ3n) is 3.85. The van der Waals surface area contributed by atoms with Crippen molar-refractivity contribution in [3.8, 4) is 5.75 Å². The van der Waals surface area contributed by atoms with E-state index in [9.17, 15) is 22.8 Å². The molecule has 1 aromatic rings. The maximum Gasteiger partial charge on any atom is 0.573 e. The Bertz CT molecular complexity index is 614. The van der Waals surface area contributed by atoms with E-state index in [1.165, 1.54) is 18.2 Å². The molecule has 1 aliphatic rings. The van der Waals surface area contributed by atoms with E-state index in [2.05, 4.69) is 15.4 Å². The number of benzene rings is 1. The molecule has 0 saturated carbocycles. The largest absolute Gasteiger partial charge is 0.573 e. The van der Waals surface area contributed by atoms with Crippen molar-refractivity contribution in [2.75, 3.05) is 18.4 Å². The predicted octanol–water partition coefficient (Wildman–Crippen LogP) is 3.11. The van der Waals surface area contributed by atoms with E-state index in [4.69, 9.17) is 0 Å². The van der Waals surface area contributed by atoms with Crippen LogP contribution in [0.5, 0.6) is 5.75 Å². The fourth-order valence-corrected chi connectivity index (χ4v) is 2.62. The molecule has 0 aromatic heterocycles. The SMILES string of the molecule is CCC(=O)N1CCC(NC(=O)Nc2ccccc2OC(F)(F)F)CC1. The van der Waals surface area contributed by atoms with Gasteiger partial charge in [0.1, 0.15) is 0 Å². The van der Waals surface area contributed by atoms with E-state index in [0.717, 1.165) is 6.07 Å². The van der Waals surface area contributed by atoms with E-state index >= 15 is 0 Å². The second kappa shape index (κ2) is 8.09. The van der Waals surface area contributed by atoms with Gasteiger partial charge in [0.25, 0.3) is 0 Å². The lowest BCUT2D eigenvalue weighted by molar-refractivity contribution is -0.274. The zero-order chi connectivity index (χ0) is 18.4. The molecule has 0 radical (unpaired) electrons. The molecule has 0 atom stereocenters. The lowest BCUT2D eigenvalue weighted by atomic mass is 10.0. The first-order valence-electron chi connectivity index (χ1n) is 7.98. The lowest BCUT2D eigenvalue weighted by Crippen LogP contribution is -2.47. The maximum absolute atomic E-state index is 12.4. The van der Waals surface area contributed by atoms with Crippen LogP contribution >= 0.6 is 0 Å². The molecule has 1 heterocycles. The molecule has 6 nitrogen and oxygen atoms in total. The second-order valence-electron chi connectivity index (χ2n) is 5.65. The molecule has 0 aliphatic carbocycles. The number of para-hydroxylation sites is 2. The van der Waals surface area contributed by atoms with Crippen molar-refractivity contribution in [1.82, 2.24) is 10.2 Å². The van der Waals surface area contributed by atoms with Crippen LogP contribution < -0.4 is 15.4 Å². The molecule has 1 aliphatic heterocycles. The van der Waals surface area contributed by atoms with Crippen molar-refractivity contribution < 1.29 is 27.5 Å². The fourth-order valence-electron chi connectivity index (χ4n) is 2.62. The van der Waals surface area contributed by atoms with Gasteiger partial charge >= 0.3 is 12.4 Å². The van der Waals surface area contributed by atoms with Crippen LogP contribution in [0, 0.1) is 0 Å². The van der Waals surface area contributed by atoms with Gasteiger partial charge in [-0.1, -0.05) is 19.1 Å². The van der Waals surface area contributed by atoms with Crippen molar-refractivity contribution in [1.29, 1.82) is 0 Å². The molecule has 2 N–H and O–H groups in total. The van der Waals surface area contributed by atoms with Gasteiger partial charge in [0.05, 0.1) is 5.69 Å². The average molecular weight is 359 g/mol. The number of rotatable bonds is 4. The van der Waals surface area contributed by atoms with Crippen LogP contribution in [-0.4, -0.2) is 42.3 Å². The van der Waals surface area contributed by atoms with E-state index in [0.29, 0.717) is 32.4 Å². The van der Waals surface area contributed by atoms with Gasteiger partial charge in [-0.15, -0.1) is 13.2 Å². The first kappa shape index (κ1) is 18.9. The minimum atomic E-state index is -4.84. The van der Waals surface area contributed by atoms with Crippen LogP contribution in [0.3, 0.4) is 0 Å². The highest BCUT2D eigenvalue weighted by Gasteiger charge is 2.32. The van der Waals surface area contributed by atoms with Gasteiger partial charge in [-0.25, -0.2) is 4.79 Å². The second-order valence-corrected chi connectivity index (χ2v) is 5.65. The average Bonchev–Trinajstić information content (AvgIpc) is 2.55. The summed E-state index contributed by atoms with van der Waals surface area (Å²) in [6.07, 6.45) is -3.21. The number of carbonyl (C=O) groups is 2. The van der Waals surface area contributed by atoms with Crippen LogP contribution in [0.4, 0.5) is 23.7 Å². The number of hydrogen-bond donors (Lipinski definition) is 2. The van der Waals surface area contributed by atoms with Gasteiger partial charge < -0.3 is 20.3 Å². The molecule has 3 amide bonds. The highest BCUT2D eigenvalue weighted by molar-refractivity contribution is 5.91. The molecule has 138 valence electrons. The Labute approximate surface area is 143 Å². The van der Waals surface area contributed by atoms with Gasteiger partial charge in [-0.05, 0) is 25.0 Å². The first-order valence-corrected chi connectivity index (χ1v) is 7.98. The third-order valence-corrected chi connectivity index (χ3v) is 3.85. The summed E-state index contributed by atoms with van der Waals surface area (Å²) < 4.78 is 41.0. The summed E-state index contributed by atoms with van der Waals surface area (Å²) in [7, 11) is 0. The number of halogens is 3. The smallest absolute Gasteiger partial charge is 0.404 e. The normalized spacial score (nSPS) is 15.6. The van der Waals surface area contributed by atoms with Gasteiger partial charge in [0.2, 0.25) is 5.91 Å². The number of alkyl halides is 3. The summed E-state index contributed by atoms with van der Waals surface area (Å²) in [6, 6.07) is 4.56. The summed E-state index contributed by atoms with van der Waals surface area (Å²) in [4.78, 5) is 25.4. The lowest BCUT2D eigenvalue weighted by Gasteiger charge is -2.32. The van der Waals surface area contributed by atoms with Crippen LogP contribution in [0.25, 0.3) is 0 Å². The van der Waals surface area contributed by atoms with Crippen molar-refractivity contribution in [2.45, 2.75) is 38.6 Å². The minimum absolute atomic E-state index is 0.0705. The topological polar surface area (TPSA) is 70.7 Å². The molecule has 0 bridgehead atoms. The summed E-state index contributed by atoms with van der Waals surface area (Å²) in [5.41, 5.74) is -0.0732. The summed E-state index contributed by atoms with van der Waals surface area (Å²) in [5.74, 6) is -0.408. The number of ether oxygens (including phenoxy) is 1. The third kappa shape index (κ3) is 5.84. The Hall–Kier alpha value is -2.45. The monoisotopic (exact) mass is 359 g/mol. The highest BCUT2D eigenvalue weighted by Crippen LogP contribution is 2.29. The molecule has 2 rings (SSSR count). The molecule has 1 aromatic carbocycles. The summed E-state index contributed by atoms with van der Waals surface area (Å²) >= 11 is 0. The molecular formula is C16H20F3N3O3. The first-order chi connectivity index (χ1) is 11.8. The number of hydrogen-bond acceptors (Lipinski definition) is 3. The molecule has 1 saturated heterocycles. The molecule has 1 fully saturated rings. The Morgan fingerprint density at radius 3 is 2.48 bits per heavy atom. The Balaban J connectivity index is 1.88. The van der Waals surface area contributed by atoms with Crippen molar-refractivity contribution >= 4 is 17.6 Å². The van der Waals surface area contributed by atoms with E-state index in [1.54, 1.807) is 11.8 Å². The number of piperidine rings is 1. The number of likely N-dealkylation sites (tertiary alicyclic amines) is 1.